The van der Waals surface area contributed by atoms with Crippen LogP contribution in [0, 0.1) is 11.8 Å². The van der Waals surface area contributed by atoms with E-state index in [0.29, 0.717) is 11.5 Å². The predicted octanol–water partition coefficient (Wildman–Crippen LogP) is 11.6. The number of unbranched alkanes of at least 4 members (excludes halogenated alkanes) is 16. The maximum atomic E-state index is 13.2. The topological polar surface area (TPSA) is 102 Å². The van der Waals surface area contributed by atoms with Crippen molar-refractivity contribution in [1.82, 2.24) is 4.90 Å². The van der Waals surface area contributed by atoms with Crippen molar-refractivity contribution < 1.29 is 33.7 Å². The van der Waals surface area contributed by atoms with E-state index in [4.69, 9.17) is 19.3 Å². The Morgan fingerprint density at radius 2 is 0.843 bits per heavy atom. The lowest BCUT2D eigenvalue weighted by molar-refractivity contribution is -0.149. The summed E-state index contributed by atoms with van der Waals surface area (Å²) in [6.07, 6.45) is 26.2. The Bertz CT molecular complexity index is 754. The van der Waals surface area contributed by atoms with Gasteiger partial charge in [0.05, 0.1) is 31.5 Å². The number of aliphatic hydroxyl groups excluding tert-OH is 1. The van der Waals surface area contributed by atoms with Crippen molar-refractivity contribution in [2.24, 2.45) is 11.8 Å². The van der Waals surface area contributed by atoms with E-state index in [1.165, 1.54) is 79.9 Å². The molecule has 2 unspecified atom stereocenters. The second kappa shape index (κ2) is 38.6. The van der Waals surface area contributed by atoms with E-state index in [0.717, 1.165) is 89.9 Å². The first kappa shape index (κ1) is 49.9. The van der Waals surface area contributed by atoms with Gasteiger partial charge < -0.3 is 24.2 Å². The number of hydrogen-bond acceptors (Lipinski definition) is 9. The lowest BCUT2D eigenvalue weighted by Gasteiger charge is -2.23. The van der Waals surface area contributed by atoms with Crippen LogP contribution in [0.4, 0.5) is 4.79 Å². The van der Waals surface area contributed by atoms with Crippen LogP contribution < -0.4 is 0 Å². The maximum absolute atomic E-state index is 13.2. The van der Waals surface area contributed by atoms with Gasteiger partial charge in [0, 0.05) is 11.5 Å². The molecule has 8 nitrogen and oxygen atoms in total. The van der Waals surface area contributed by atoms with Crippen molar-refractivity contribution in [3.05, 3.63) is 0 Å². The number of amides is 1. The van der Waals surface area contributed by atoms with Gasteiger partial charge in [-0.2, -0.15) is 0 Å². The van der Waals surface area contributed by atoms with Crippen molar-refractivity contribution in [3.63, 3.8) is 0 Å². The summed E-state index contributed by atoms with van der Waals surface area (Å²) in [6.45, 7) is 9.72. The maximum Gasteiger partial charge on any atom is 0.410 e. The van der Waals surface area contributed by atoms with Crippen LogP contribution in [-0.4, -0.2) is 79.1 Å². The monoisotopic (exact) mass is 762 g/mol. The Hall–Kier alpha value is -1.13. The number of ether oxygens (including phenoxy) is 3. The zero-order valence-corrected chi connectivity index (χ0v) is 35.1. The highest BCUT2D eigenvalue weighted by molar-refractivity contribution is 8.76. The molecular weight excluding hydrogens is 683 g/mol. The third-order valence-corrected chi connectivity index (χ3v) is 11.8. The summed E-state index contributed by atoms with van der Waals surface area (Å²) >= 11 is 0. The fraction of sp³-hybridized carbons (Fsp3) is 0.927. The molecule has 0 aliphatic carbocycles. The fourth-order valence-corrected chi connectivity index (χ4v) is 7.79. The molecule has 0 radical (unpaired) electrons. The highest BCUT2D eigenvalue weighted by Crippen LogP contribution is 2.23. The average Bonchev–Trinajstić information content (AvgIpc) is 3.13. The molecule has 0 aromatic carbocycles. The van der Waals surface area contributed by atoms with E-state index >= 15 is 0 Å². The molecule has 0 saturated carbocycles. The van der Waals surface area contributed by atoms with Gasteiger partial charge in [-0.25, -0.2) is 4.79 Å². The number of nitrogens with zero attached hydrogens (tertiary/aromatic N) is 1. The van der Waals surface area contributed by atoms with Gasteiger partial charge in [0.25, 0.3) is 0 Å². The van der Waals surface area contributed by atoms with Crippen LogP contribution in [0.3, 0.4) is 0 Å². The Balaban J connectivity index is 5.21. The van der Waals surface area contributed by atoms with Crippen molar-refractivity contribution in [2.45, 2.75) is 182 Å². The first-order valence-corrected chi connectivity index (χ1v) is 23.5. The van der Waals surface area contributed by atoms with E-state index in [1.54, 1.807) is 10.8 Å². The van der Waals surface area contributed by atoms with E-state index < -0.39 is 6.09 Å². The Morgan fingerprint density at radius 1 is 0.490 bits per heavy atom. The number of hydrogen-bond donors (Lipinski definition) is 1. The summed E-state index contributed by atoms with van der Waals surface area (Å²) in [7, 11) is 3.08. The molecule has 51 heavy (non-hydrogen) atoms. The van der Waals surface area contributed by atoms with Crippen molar-refractivity contribution >= 4 is 39.6 Å². The van der Waals surface area contributed by atoms with E-state index in [-0.39, 0.29) is 63.3 Å². The lowest BCUT2D eigenvalue weighted by atomic mass is 9.94. The van der Waals surface area contributed by atoms with Gasteiger partial charge in [-0.15, -0.1) is 0 Å². The van der Waals surface area contributed by atoms with E-state index in [2.05, 4.69) is 27.7 Å². The molecule has 1 N–H and O–H groups in total. The summed E-state index contributed by atoms with van der Waals surface area (Å²) in [5, 5.41) is 8.99. The SMILES string of the molecule is CCCCCCCCC(CCCCCC)C(=O)OCCN(CCOC(=O)C(CCCCCC)CCCCCCCC)C(=O)OCCSSCCO. The van der Waals surface area contributed by atoms with Crippen molar-refractivity contribution in [2.75, 3.05) is 51.0 Å². The number of aliphatic hydroxyl groups is 1. The molecule has 10 heteroatoms. The van der Waals surface area contributed by atoms with Gasteiger partial charge in [0.2, 0.25) is 0 Å². The van der Waals surface area contributed by atoms with Crippen molar-refractivity contribution in [3.8, 4) is 0 Å². The lowest BCUT2D eigenvalue weighted by Crippen LogP contribution is -2.38. The Labute approximate surface area is 321 Å². The quantitative estimate of drug-likeness (QED) is 0.0285. The standard InChI is InChI=1S/C41H79NO7S2/c1-5-9-13-17-19-23-27-37(25-21-15-11-7-3)39(44)47-32-29-42(41(46)49-34-36-51-50-35-31-43)30-33-48-40(45)38(26-22-16-12-8-4)28-24-20-18-14-10-6-2/h37-38,43H,5-36H2,1-4H3. The Kier molecular flexibility index (Phi) is 37.7. The minimum Gasteiger partial charge on any atom is -0.464 e. The van der Waals surface area contributed by atoms with Crippen LogP contribution in [0.5, 0.6) is 0 Å². The van der Waals surface area contributed by atoms with Gasteiger partial charge in [-0.3, -0.25) is 9.59 Å². The van der Waals surface area contributed by atoms with Crippen LogP contribution >= 0.6 is 21.6 Å². The minimum absolute atomic E-state index is 0.0863. The summed E-state index contributed by atoms with van der Waals surface area (Å²) in [4.78, 5) is 41.1. The summed E-state index contributed by atoms with van der Waals surface area (Å²) in [5.74, 6) is 0.672. The van der Waals surface area contributed by atoms with Gasteiger partial charge in [0.1, 0.15) is 19.8 Å². The minimum atomic E-state index is -0.499. The first-order chi connectivity index (χ1) is 24.9. The second-order valence-electron chi connectivity index (χ2n) is 14.0. The molecule has 0 aliphatic heterocycles. The molecule has 0 heterocycles. The number of carbonyl (C=O) groups excluding carboxylic acids is 3. The van der Waals surface area contributed by atoms with Gasteiger partial charge in [-0.05, 0) is 25.7 Å². The van der Waals surface area contributed by atoms with Gasteiger partial charge >= 0.3 is 18.0 Å². The molecule has 1 amide bonds. The Morgan fingerprint density at radius 3 is 1.24 bits per heavy atom. The highest BCUT2D eigenvalue weighted by Gasteiger charge is 2.23. The number of carbonyl (C=O) groups is 3. The molecule has 2 atom stereocenters. The number of esters is 2. The van der Waals surface area contributed by atoms with Gasteiger partial charge in [0.15, 0.2) is 0 Å². The second-order valence-corrected chi connectivity index (χ2v) is 16.7. The normalized spacial score (nSPS) is 12.4. The molecule has 0 saturated heterocycles. The molecule has 0 bridgehead atoms. The zero-order chi connectivity index (χ0) is 37.6. The van der Waals surface area contributed by atoms with Gasteiger partial charge in [-0.1, -0.05) is 178 Å². The molecule has 0 aromatic heterocycles. The average molecular weight is 762 g/mol. The third-order valence-electron chi connectivity index (χ3n) is 9.41. The molecule has 0 rings (SSSR count). The van der Waals surface area contributed by atoms with Crippen LogP contribution in [0.1, 0.15) is 182 Å². The summed E-state index contributed by atoms with van der Waals surface area (Å²) in [6, 6.07) is 0. The number of rotatable bonds is 38. The highest BCUT2D eigenvalue weighted by atomic mass is 33.1. The first-order valence-electron chi connectivity index (χ1n) is 21.0. The molecule has 0 aliphatic rings. The fourth-order valence-electron chi connectivity index (χ4n) is 6.19. The smallest absolute Gasteiger partial charge is 0.410 e. The summed E-state index contributed by atoms with van der Waals surface area (Å²) < 4.78 is 17.1. The molecule has 0 aromatic rings. The van der Waals surface area contributed by atoms with Crippen LogP contribution in [-0.2, 0) is 23.8 Å². The largest absolute Gasteiger partial charge is 0.464 e. The third kappa shape index (κ3) is 31.0. The van der Waals surface area contributed by atoms with Crippen LogP contribution in [0.25, 0.3) is 0 Å². The van der Waals surface area contributed by atoms with E-state index in [1.807, 2.05) is 0 Å². The van der Waals surface area contributed by atoms with Crippen LogP contribution in [0.2, 0.25) is 0 Å². The van der Waals surface area contributed by atoms with Crippen LogP contribution in [0.15, 0.2) is 0 Å². The molecule has 0 fully saturated rings. The van der Waals surface area contributed by atoms with E-state index in [9.17, 15) is 14.4 Å². The molecule has 0 spiro atoms. The summed E-state index contributed by atoms with van der Waals surface area (Å²) in [5.41, 5.74) is 0. The molecule has 302 valence electrons. The predicted molar refractivity (Wildman–Crippen MR) is 217 cm³/mol. The zero-order valence-electron chi connectivity index (χ0n) is 33.4. The molecular formula is C41H79NO7S2. The van der Waals surface area contributed by atoms with Crippen molar-refractivity contribution in [1.29, 1.82) is 0 Å².